The number of nitrogens with one attached hydrogen (secondary N) is 3. The van der Waals surface area contributed by atoms with Gasteiger partial charge >= 0.3 is 0 Å². The molecule has 3 aliphatic rings. The van der Waals surface area contributed by atoms with E-state index in [1.54, 1.807) is 4.90 Å². The molecule has 1 saturated heterocycles. The quantitative estimate of drug-likeness (QED) is 0.585. The Morgan fingerprint density at radius 2 is 1.74 bits per heavy atom. The lowest BCUT2D eigenvalue weighted by atomic mass is 10.1. The van der Waals surface area contributed by atoms with E-state index in [-0.39, 0.29) is 18.7 Å². The van der Waals surface area contributed by atoms with Gasteiger partial charge in [-0.2, -0.15) is 0 Å². The van der Waals surface area contributed by atoms with Crippen LogP contribution < -0.4 is 29.3 Å². The number of carbonyl (C=O) groups is 1. The highest BCUT2D eigenvalue weighted by Crippen LogP contribution is 2.34. The molecule has 1 amide bonds. The van der Waals surface area contributed by atoms with Gasteiger partial charge in [0.2, 0.25) is 6.79 Å². The van der Waals surface area contributed by atoms with Crippen LogP contribution in [-0.4, -0.2) is 52.0 Å². The SMILES string of the molecule is C[C@H](NC(=O)C[NH+]1CC[NH+](Cc2ccc3c(c2)CCO3)CC1)c1ccc2c(c1)OCO2. The number of piperazine rings is 1. The zero-order valence-corrected chi connectivity index (χ0v) is 18.0. The molecule has 3 N–H and O–H groups in total. The monoisotopic (exact) mass is 425 g/mol. The minimum atomic E-state index is -0.0582. The molecule has 0 aliphatic carbocycles. The number of fused-ring (bicyclic) bond motifs is 2. The molecule has 164 valence electrons. The van der Waals surface area contributed by atoms with Gasteiger partial charge in [-0.15, -0.1) is 0 Å². The van der Waals surface area contributed by atoms with E-state index in [0.29, 0.717) is 6.54 Å². The van der Waals surface area contributed by atoms with Crippen molar-refractivity contribution < 1.29 is 28.8 Å². The number of rotatable bonds is 6. The number of ether oxygens (including phenoxy) is 3. The summed E-state index contributed by atoms with van der Waals surface area (Å²) in [4.78, 5) is 15.6. The highest BCUT2D eigenvalue weighted by molar-refractivity contribution is 5.77. The first kappa shape index (κ1) is 20.2. The van der Waals surface area contributed by atoms with E-state index in [0.717, 1.165) is 68.6 Å². The Balaban J connectivity index is 1.07. The number of amides is 1. The Morgan fingerprint density at radius 1 is 0.968 bits per heavy atom. The smallest absolute Gasteiger partial charge is 0.275 e. The van der Waals surface area contributed by atoms with Crippen molar-refractivity contribution in [1.29, 1.82) is 0 Å². The van der Waals surface area contributed by atoms with E-state index in [9.17, 15) is 4.79 Å². The van der Waals surface area contributed by atoms with Crippen LogP contribution in [0.3, 0.4) is 0 Å². The van der Waals surface area contributed by atoms with Gasteiger partial charge in [-0.05, 0) is 48.4 Å². The molecule has 0 unspecified atom stereocenters. The zero-order chi connectivity index (χ0) is 21.2. The number of quaternary nitrogens is 2. The highest BCUT2D eigenvalue weighted by atomic mass is 16.7. The molecular weight excluding hydrogens is 394 g/mol. The summed E-state index contributed by atoms with van der Waals surface area (Å²) in [7, 11) is 0. The maximum atomic E-state index is 12.6. The van der Waals surface area contributed by atoms with Crippen LogP contribution in [0.5, 0.6) is 17.2 Å². The normalized spacial score (nSPS) is 22.5. The van der Waals surface area contributed by atoms with E-state index in [1.807, 2.05) is 25.1 Å². The predicted octanol–water partition coefficient (Wildman–Crippen LogP) is -0.489. The van der Waals surface area contributed by atoms with Crippen LogP contribution in [0.25, 0.3) is 0 Å². The van der Waals surface area contributed by atoms with Crippen LogP contribution in [-0.2, 0) is 17.8 Å². The summed E-state index contributed by atoms with van der Waals surface area (Å²) in [6.45, 7) is 8.88. The summed E-state index contributed by atoms with van der Waals surface area (Å²) in [5.41, 5.74) is 3.76. The molecule has 0 bridgehead atoms. The molecule has 5 rings (SSSR count). The van der Waals surface area contributed by atoms with E-state index in [2.05, 4.69) is 23.5 Å². The van der Waals surface area contributed by atoms with Crippen LogP contribution in [0.1, 0.15) is 29.7 Å². The lowest BCUT2D eigenvalue weighted by molar-refractivity contribution is -1.02. The second-order valence-corrected chi connectivity index (χ2v) is 8.80. The second kappa shape index (κ2) is 8.77. The average molecular weight is 426 g/mol. The summed E-state index contributed by atoms with van der Waals surface area (Å²) >= 11 is 0. The Labute approximate surface area is 182 Å². The van der Waals surface area contributed by atoms with Crippen molar-refractivity contribution in [1.82, 2.24) is 5.32 Å². The van der Waals surface area contributed by atoms with E-state index < -0.39 is 0 Å². The number of hydrogen-bond acceptors (Lipinski definition) is 4. The number of benzene rings is 2. The largest absolute Gasteiger partial charge is 0.493 e. The fourth-order valence-corrected chi connectivity index (χ4v) is 4.73. The van der Waals surface area contributed by atoms with Crippen molar-refractivity contribution >= 4 is 5.91 Å². The van der Waals surface area contributed by atoms with Gasteiger partial charge in [-0.1, -0.05) is 6.07 Å². The van der Waals surface area contributed by atoms with Gasteiger partial charge in [0.05, 0.1) is 12.6 Å². The molecule has 31 heavy (non-hydrogen) atoms. The van der Waals surface area contributed by atoms with Gasteiger partial charge in [0.25, 0.3) is 5.91 Å². The van der Waals surface area contributed by atoms with Gasteiger partial charge in [-0.25, -0.2) is 0 Å². The first-order valence-electron chi connectivity index (χ1n) is 11.2. The Hall–Kier alpha value is -2.77. The van der Waals surface area contributed by atoms with Crippen LogP contribution in [0.4, 0.5) is 0 Å². The summed E-state index contributed by atoms with van der Waals surface area (Å²) < 4.78 is 16.4. The molecule has 3 aliphatic heterocycles. The van der Waals surface area contributed by atoms with Gasteiger partial charge < -0.3 is 29.3 Å². The fourth-order valence-electron chi connectivity index (χ4n) is 4.73. The summed E-state index contributed by atoms with van der Waals surface area (Å²) in [5.74, 6) is 2.66. The van der Waals surface area contributed by atoms with E-state index >= 15 is 0 Å². The molecule has 0 saturated carbocycles. The lowest BCUT2D eigenvalue weighted by Crippen LogP contribution is -3.28. The van der Waals surface area contributed by atoms with Crippen molar-refractivity contribution in [2.75, 3.05) is 46.1 Å². The molecule has 3 heterocycles. The Kier molecular flexibility index (Phi) is 5.70. The third kappa shape index (κ3) is 4.62. The number of hydrogen-bond donors (Lipinski definition) is 3. The maximum Gasteiger partial charge on any atom is 0.275 e. The molecule has 7 nitrogen and oxygen atoms in total. The molecule has 0 aromatic heterocycles. The van der Waals surface area contributed by atoms with E-state index in [1.165, 1.54) is 16.0 Å². The zero-order valence-electron chi connectivity index (χ0n) is 18.0. The Morgan fingerprint density at radius 3 is 2.61 bits per heavy atom. The topological polar surface area (TPSA) is 65.7 Å². The first-order valence-corrected chi connectivity index (χ1v) is 11.2. The molecule has 7 heteroatoms. The molecule has 2 aromatic carbocycles. The molecule has 2 aromatic rings. The molecule has 0 radical (unpaired) electrons. The van der Waals surface area contributed by atoms with Crippen LogP contribution >= 0.6 is 0 Å². The average Bonchev–Trinajstić information content (AvgIpc) is 3.43. The predicted molar refractivity (Wildman–Crippen MR) is 115 cm³/mol. The molecular formula is C24H31N3O4+2. The van der Waals surface area contributed by atoms with Crippen molar-refractivity contribution in [3.63, 3.8) is 0 Å². The van der Waals surface area contributed by atoms with Crippen LogP contribution in [0.15, 0.2) is 36.4 Å². The fraction of sp³-hybridized carbons (Fsp3) is 0.458. The van der Waals surface area contributed by atoms with Gasteiger partial charge in [0.1, 0.15) is 38.5 Å². The van der Waals surface area contributed by atoms with Crippen molar-refractivity contribution in [2.24, 2.45) is 0 Å². The van der Waals surface area contributed by atoms with Crippen molar-refractivity contribution in [2.45, 2.75) is 25.9 Å². The van der Waals surface area contributed by atoms with Gasteiger partial charge in [-0.3, -0.25) is 4.79 Å². The summed E-state index contributed by atoms with van der Waals surface area (Å²) in [5, 5.41) is 3.13. The lowest BCUT2D eigenvalue weighted by Gasteiger charge is -2.29. The third-order valence-electron chi connectivity index (χ3n) is 6.56. The second-order valence-electron chi connectivity index (χ2n) is 8.80. The summed E-state index contributed by atoms with van der Waals surface area (Å²) in [6.07, 6.45) is 1.02. The molecule has 0 spiro atoms. The van der Waals surface area contributed by atoms with Gasteiger partial charge in [0.15, 0.2) is 18.0 Å². The highest BCUT2D eigenvalue weighted by Gasteiger charge is 2.26. The van der Waals surface area contributed by atoms with Crippen molar-refractivity contribution in [3.05, 3.63) is 53.1 Å². The standard InChI is InChI=1S/C24H29N3O4/c1-17(19-3-5-22-23(13-19)31-16-30-22)25-24(28)15-27-9-7-26(8-10-27)14-18-2-4-21-20(12-18)6-11-29-21/h2-5,12-13,17H,6-11,14-16H2,1H3,(H,25,28)/p+2/t17-/m0/s1. The van der Waals surface area contributed by atoms with Crippen molar-refractivity contribution in [3.8, 4) is 17.2 Å². The minimum Gasteiger partial charge on any atom is -0.493 e. The Bertz CT molecular complexity index is 956. The first-order chi connectivity index (χ1) is 15.1. The van der Waals surface area contributed by atoms with E-state index in [4.69, 9.17) is 14.2 Å². The number of carbonyl (C=O) groups excluding carboxylic acids is 1. The van der Waals surface area contributed by atoms with Crippen LogP contribution in [0.2, 0.25) is 0 Å². The minimum absolute atomic E-state index is 0.0582. The summed E-state index contributed by atoms with van der Waals surface area (Å²) in [6, 6.07) is 12.4. The molecule has 1 fully saturated rings. The van der Waals surface area contributed by atoms with Crippen LogP contribution in [0, 0.1) is 0 Å². The third-order valence-corrected chi connectivity index (χ3v) is 6.56. The maximum absolute atomic E-state index is 12.6. The molecule has 1 atom stereocenters. The van der Waals surface area contributed by atoms with Gasteiger partial charge in [0, 0.05) is 12.0 Å².